The Labute approximate surface area is 635 Å². The Bertz CT molecular complexity index is 4810. The molecule has 548 valence electrons. The molecule has 0 aromatic heterocycles. The summed E-state index contributed by atoms with van der Waals surface area (Å²) in [5.41, 5.74) is 61.2. The third kappa shape index (κ3) is 17.5. The van der Waals surface area contributed by atoms with E-state index in [0.29, 0.717) is 0 Å². The molecule has 0 saturated heterocycles. The summed E-state index contributed by atoms with van der Waals surface area (Å²) in [6.45, 7) is 65.7. The van der Waals surface area contributed by atoms with Crippen LogP contribution in [0.5, 0.6) is 0 Å². The maximum Gasteiger partial charge on any atom is 0.00960 e. The number of benzene rings is 2. The summed E-state index contributed by atoms with van der Waals surface area (Å²) in [4.78, 5) is 0. The van der Waals surface area contributed by atoms with Crippen molar-refractivity contribution in [1.82, 2.24) is 0 Å². The van der Waals surface area contributed by atoms with Crippen LogP contribution < -0.4 is 10.4 Å². The van der Waals surface area contributed by atoms with Crippen LogP contribution in [0.3, 0.4) is 0 Å². The van der Waals surface area contributed by atoms with Gasteiger partial charge in [0, 0.05) is 12.0 Å². The number of rotatable bonds is 7. The van der Waals surface area contributed by atoms with Gasteiger partial charge in [-0.2, -0.15) is 0 Å². The molecule has 12 aliphatic rings. The van der Waals surface area contributed by atoms with Crippen molar-refractivity contribution in [2.45, 2.75) is 285 Å². The van der Waals surface area contributed by atoms with Crippen LogP contribution in [0.25, 0.3) is 22.3 Å². The van der Waals surface area contributed by atoms with Crippen LogP contribution in [-0.4, -0.2) is 0 Å². The van der Waals surface area contributed by atoms with E-state index in [9.17, 15) is 0 Å². The average Bonchev–Trinajstić information content (AvgIpc) is 1.59. The largest absolute Gasteiger partial charge is 0.102 e. The van der Waals surface area contributed by atoms with Gasteiger partial charge in [-0.3, -0.25) is 0 Å². The predicted molar refractivity (Wildman–Crippen MR) is 465 cm³/mol. The van der Waals surface area contributed by atoms with E-state index in [1.165, 1.54) is 172 Å². The van der Waals surface area contributed by atoms with Crippen molar-refractivity contribution in [3.05, 3.63) is 320 Å². The van der Waals surface area contributed by atoms with Crippen LogP contribution >= 0.6 is 0 Å². The molecule has 0 atom stereocenters. The van der Waals surface area contributed by atoms with E-state index in [0.717, 1.165) is 38.5 Å². The Kier molecular flexibility index (Phi) is 29.7. The Hall–Kier alpha value is -8.24. The van der Waals surface area contributed by atoms with Gasteiger partial charge in [-0.1, -0.05) is 168 Å². The highest BCUT2D eigenvalue weighted by Gasteiger charge is 2.35. The molecule has 2 aromatic rings. The van der Waals surface area contributed by atoms with Crippen molar-refractivity contribution in [2.24, 2.45) is 0 Å². The Morgan fingerprint density at radius 3 is 1.12 bits per heavy atom. The van der Waals surface area contributed by atoms with E-state index < -0.39 is 0 Å². The lowest BCUT2D eigenvalue weighted by molar-refractivity contribution is 1.10. The van der Waals surface area contributed by atoms with Crippen LogP contribution in [0, 0.1) is 25.7 Å². The Morgan fingerprint density at radius 1 is 0.260 bits per heavy atom. The smallest absolute Gasteiger partial charge is 0.00960 e. The Balaban J connectivity index is 0.000000170. The summed E-state index contributed by atoms with van der Waals surface area (Å²) in [7, 11) is 0. The maximum atomic E-state index is 3.17. The second-order valence-corrected chi connectivity index (χ2v) is 30.7. The first kappa shape index (κ1) is 83.0. The van der Waals surface area contributed by atoms with Crippen molar-refractivity contribution >= 4 is 22.3 Å². The van der Waals surface area contributed by atoms with E-state index >= 15 is 0 Å². The van der Waals surface area contributed by atoms with Crippen LogP contribution in [0.4, 0.5) is 0 Å². The van der Waals surface area contributed by atoms with Crippen molar-refractivity contribution in [3.63, 3.8) is 0 Å². The van der Waals surface area contributed by atoms with Gasteiger partial charge in [0.05, 0.1) is 0 Å². The molecular weight excluding hydrogens is 1250 g/mol. The summed E-state index contributed by atoms with van der Waals surface area (Å²) >= 11 is 0. The van der Waals surface area contributed by atoms with Gasteiger partial charge in [-0.15, -0.1) is 5.92 Å². The summed E-state index contributed by atoms with van der Waals surface area (Å²) in [5, 5.41) is 2.84. The first-order chi connectivity index (χ1) is 49.6. The molecule has 14 rings (SSSR count). The number of allylic oxidation sites excluding steroid dienone is 46. The van der Waals surface area contributed by atoms with Crippen LogP contribution in [0.1, 0.15) is 291 Å². The second-order valence-electron chi connectivity index (χ2n) is 30.7. The lowest BCUT2D eigenvalue weighted by Crippen LogP contribution is -2.22. The molecule has 0 spiro atoms. The van der Waals surface area contributed by atoms with E-state index in [1.54, 1.807) is 100 Å². The van der Waals surface area contributed by atoms with Crippen molar-refractivity contribution in [1.29, 1.82) is 0 Å². The Morgan fingerprint density at radius 2 is 0.615 bits per heavy atom. The molecule has 0 heterocycles. The summed E-state index contributed by atoms with van der Waals surface area (Å²) in [5.74, 6) is 6.13. The van der Waals surface area contributed by atoms with Crippen LogP contribution in [0.2, 0.25) is 0 Å². The van der Waals surface area contributed by atoms with Crippen LogP contribution in [0.15, 0.2) is 277 Å². The van der Waals surface area contributed by atoms with Gasteiger partial charge < -0.3 is 0 Å². The minimum Gasteiger partial charge on any atom is -0.102 e. The lowest BCUT2D eigenvalue weighted by Gasteiger charge is -2.17. The van der Waals surface area contributed by atoms with Crippen molar-refractivity contribution in [2.75, 3.05) is 0 Å². The van der Waals surface area contributed by atoms with Gasteiger partial charge in [0.25, 0.3) is 0 Å². The van der Waals surface area contributed by atoms with E-state index in [-0.39, 0.29) is 0 Å². The van der Waals surface area contributed by atoms with Gasteiger partial charge in [-0.05, 0) is 453 Å². The second kappa shape index (κ2) is 37.1. The van der Waals surface area contributed by atoms with Gasteiger partial charge >= 0.3 is 0 Å². The van der Waals surface area contributed by atoms with Gasteiger partial charge in [0.15, 0.2) is 0 Å². The highest BCUT2D eigenvalue weighted by atomic mass is 14.4. The molecule has 2 aromatic carbocycles. The molecule has 0 radical (unpaired) electrons. The molecule has 0 bridgehead atoms. The number of hydrogen-bond acceptors (Lipinski definition) is 0. The minimum atomic E-state index is 1.02. The average molecular weight is 1380 g/mol. The molecule has 0 N–H and O–H groups in total. The van der Waals surface area contributed by atoms with Crippen LogP contribution in [-0.2, 0) is 12.8 Å². The van der Waals surface area contributed by atoms with E-state index in [4.69, 9.17) is 0 Å². The highest BCUT2D eigenvalue weighted by Crippen LogP contribution is 2.53. The van der Waals surface area contributed by atoms with Gasteiger partial charge in [0.1, 0.15) is 0 Å². The lowest BCUT2D eigenvalue weighted by atomic mass is 9.87. The first-order valence-electron chi connectivity index (χ1n) is 39.5. The normalized spacial score (nSPS) is 19.3. The zero-order valence-corrected chi connectivity index (χ0v) is 70.9. The zero-order chi connectivity index (χ0) is 76.9. The third-order valence-electron chi connectivity index (χ3n) is 24.5. The first-order valence-corrected chi connectivity index (χ1v) is 39.5. The van der Waals surface area contributed by atoms with Crippen molar-refractivity contribution < 1.29 is 0 Å². The molecule has 0 heteroatoms. The molecule has 0 unspecified atom stereocenters. The number of hydrogen-bond donors (Lipinski definition) is 0. The standard InChI is InChI=1S/C20H24.C17H20.2C14H18.C13H14.C13H16.C11H16.C2H6/c1-7-8-16-10-18-15(6)19-12(3)11(2)9-17(19)14(5)20(18)13(16)4;1-5-6-13-8-17-15(12(13)4)9-14-11(3)10(2)7-16(14)17;1-5-6-12-7-10(3)13-8-9(2)11(4)14(12)13;1-5-6-12-8-14-10(3)9(2)7-13(14)11(12)4;1-3-6-11-9-10(2)12-7-4-5-8-13(11)12;1-5-7-12-9-13(8-6-2)11(4)10(12)3;1-5-6-11-7-8(2)9(3)10(11)4;1-2/h7-8H,9-10H2,1-6H3;5-6H,7-9H2,1-4H3;2*5-6H,7-8H2,1-4H3;3-8H,9H2,1-2H3;5,7H,9H2,1-4H3;5-6H,7H2,1-4H3;1-2H3/b8-7+;3*6-5+;6-3+;7-5+;6-5+;. The van der Waals surface area contributed by atoms with E-state index in [1.807, 2.05) is 20.8 Å². The fourth-order valence-corrected chi connectivity index (χ4v) is 17.6. The monoisotopic (exact) mass is 1380 g/mol. The van der Waals surface area contributed by atoms with Gasteiger partial charge in [-0.25, -0.2) is 0 Å². The third-order valence-corrected chi connectivity index (χ3v) is 24.5. The fourth-order valence-electron chi connectivity index (χ4n) is 17.6. The zero-order valence-electron chi connectivity index (χ0n) is 70.9. The quantitative estimate of drug-likeness (QED) is 0.242. The molecule has 104 heavy (non-hydrogen) atoms. The molecule has 0 amide bonds. The molecule has 0 aliphatic heterocycles. The summed E-state index contributed by atoms with van der Waals surface area (Å²) < 4.78 is 0. The minimum absolute atomic E-state index is 1.02. The summed E-state index contributed by atoms with van der Waals surface area (Å²) in [6, 6.07) is 8.64. The predicted octanol–water partition coefficient (Wildman–Crippen LogP) is 29.5. The maximum absolute atomic E-state index is 3.17. The van der Waals surface area contributed by atoms with E-state index in [2.05, 4.69) is 308 Å². The van der Waals surface area contributed by atoms with Crippen molar-refractivity contribution in [3.8, 4) is 11.8 Å². The topological polar surface area (TPSA) is 0 Å². The molecule has 12 aliphatic carbocycles. The molecule has 0 nitrogen and oxygen atoms in total. The molecule has 0 saturated carbocycles. The molecule has 0 fully saturated rings. The van der Waals surface area contributed by atoms with Gasteiger partial charge in [0.2, 0.25) is 0 Å². The fraction of sp³-hybridized carbons (Fsp3) is 0.404. The summed E-state index contributed by atoms with van der Waals surface area (Å²) in [6.07, 6.45) is 44.5. The highest BCUT2D eigenvalue weighted by molar-refractivity contribution is 5.88. The number of fused-ring (bicyclic) bond motifs is 5. The molecular formula is C104H132. The SMILES string of the molecule is C/C=C/C1=C(C)C(C)=C(C)C1.C/C=C/C1=C(C)C2=C(C1)C(C)=C(C)C2.C/C=C/C1=C(C)C2=C(C1)C1=C(C2)C(C)=C(C)C1.C/C=C/C1=C(C)c2c(C)c3c(c(C)c2C1)C(C)=C(C)C3.C/C=C/C1=C2C(C)=C(C)CC2=C(C)C1.C/C=C/C1=c2ccccc2=C(C)C1.CC.CC#CC1=C(C)C(C)=C(/C=C/C)C1.